The molecule has 0 aliphatic rings. The first kappa shape index (κ1) is 13.5. The van der Waals surface area contributed by atoms with Crippen LogP contribution in [0.3, 0.4) is 0 Å². The Morgan fingerprint density at radius 2 is 2.06 bits per heavy atom. The Morgan fingerprint density at radius 3 is 2.65 bits per heavy atom. The normalized spacial score (nSPS) is 11.8. The zero-order valence-electron chi connectivity index (χ0n) is 10.4. The maximum absolute atomic E-state index is 11.8. The van der Waals surface area contributed by atoms with E-state index >= 15 is 0 Å². The van der Waals surface area contributed by atoms with Crippen molar-refractivity contribution in [3.8, 4) is 0 Å². The van der Waals surface area contributed by atoms with E-state index in [2.05, 4.69) is 13.5 Å². The molecular weight excluding hydrogens is 212 g/mol. The first-order valence-electron chi connectivity index (χ1n) is 6.16. The van der Waals surface area contributed by atoms with Crippen molar-refractivity contribution in [2.45, 2.75) is 38.7 Å². The molecule has 1 atom stereocenters. The van der Waals surface area contributed by atoms with Gasteiger partial charge in [0, 0.05) is 0 Å². The standard InChI is InChI=1S/C15H20O2/c1-3-5-7-12-14(4-2)17-15(16)13-10-8-6-9-11-13/h4,6,8-11,14H,2-3,5,7,12H2,1H3/t14-/m1/s1. The van der Waals surface area contributed by atoms with Crippen LogP contribution in [0, 0.1) is 0 Å². The van der Waals surface area contributed by atoms with Crippen molar-refractivity contribution in [3.05, 3.63) is 48.6 Å². The summed E-state index contributed by atoms with van der Waals surface area (Å²) in [5.41, 5.74) is 0.592. The topological polar surface area (TPSA) is 26.3 Å². The van der Waals surface area contributed by atoms with Crippen LogP contribution in [0.5, 0.6) is 0 Å². The lowest BCUT2D eigenvalue weighted by molar-refractivity contribution is 0.0377. The highest BCUT2D eigenvalue weighted by atomic mass is 16.5. The maximum Gasteiger partial charge on any atom is 0.338 e. The number of hydrogen-bond donors (Lipinski definition) is 0. The highest BCUT2D eigenvalue weighted by Crippen LogP contribution is 2.11. The van der Waals surface area contributed by atoms with Crippen LogP contribution in [0.25, 0.3) is 0 Å². The van der Waals surface area contributed by atoms with E-state index in [4.69, 9.17) is 4.74 Å². The Bertz CT molecular complexity index is 343. The number of benzene rings is 1. The summed E-state index contributed by atoms with van der Waals surface area (Å²) in [6.07, 6.45) is 5.78. The van der Waals surface area contributed by atoms with E-state index < -0.39 is 0 Å². The largest absolute Gasteiger partial charge is 0.455 e. The number of carbonyl (C=O) groups excluding carboxylic acids is 1. The number of esters is 1. The van der Waals surface area contributed by atoms with Crippen molar-refractivity contribution in [3.63, 3.8) is 0 Å². The lowest BCUT2D eigenvalue weighted by atomic mass is 10.1. The monoisotopic (exact) mass is 232 g/mol. The maximum atomic E-state index is 11.8. The molecule has 0 aliphatic carbocycles. The molecular formula is C15H20O2. The fraction of sp³-hybridized carbons (Fsp3) is 0.400. The third kappa shape index (κ3) is 4.85. The lowest BCUT2D eigenvalue weighted by Crippen LogP contribution is -2.15. The zero-order valence-corrected chi connectivity index (χ0v) is 10.4. The van der Waals surface area contributed by atoms with Crippen molar-refractivity contribution in [1.29, 1.82) is 0 Å². The average molecular weight is 232 g/mol. The first-order chi connectivity index (χ1) is 8.27. The predicted molar refractivity (Wildman–Crippen MR) is 70.0 cm³/mol. The second kappa shape index (κ2) is 7.66. The molecule has 0 spiro atoms. The van der Waals surface area contributed by atoms with Gasteiger partial charge < -0.3 is 4.74 Å². The second-order valence-corrected chi connectivity index (χ2v) is 4.04. The fourth-order valence-electron chi connectivity index (χ4n) is 1.60. The Balaban J connectivity index is 2.45. The molecule has 0 bridgehead atoms. The molecule has 2 nitrogen and oxygen atoms in total. The Kier molecular flexibility index (Phi) is 6.08. The van der Waals surface area contributed by atoms with Crippen LogP contribution in [-0.2, 0) is 4.74 Å². The minimum atomic E-state index is -0.271. The molecule has 0 aromatic heterocycles. The van der Waals surface area contributed by atoms with Crippen LogP contribution in [-0.4, -0.2) is 12.1 Å². The molecule has 2 heteroatoms. The molecule has 0 saturated heterocycles. The summed E-state index contributed by atoms with van der Waals surface area (Å²) in [6.45, 7) is 5.86. The van der Waals surface area contributed by atoms with Gasteiger partial charge in [-0.1, -0.05) is 50.6 Å². The highest BCUT2D eigenvalue weighted by Gasteiger charge is 2.12. The van der Waals surface area contributed by atoms with E-state index in [0.29, 0.717) is 5.56 Å². The van der Waals surface area contributed by atoms with Gasteiger partial charge in [-0.3, -0.25) is 0 Å². The molecule has 0 radical (unpaired) electrons. The molecule has 0 fully saturated rings. The van der Waals surface area contributed by atoms with Crippen molar-refractivity contribution in [1.82, 2.24) is 0 Å². The quantitative estimate of drug-likeness (QED) is 0.404. The molecule has 0 heterocycles. The zero-order chi connectivity index (χ0) is 12.5. The molecule has 0 N–H and O–H groups in total. The van der Waals surface area contributed by atoms with Gasteiger partial charge in [-0.15, -0.1) is 0 Å². The Hall–Kier alpha value is -1.57. The van der Waals surface area contributed by atoms with E-state index in [9.17, 15) is 4.79 Å². The van der Waals surface area contributed by atoms with Crippen molar-refractivity contribution < 1.29 is 9.53 Å². The summed E-state index contributed by atoms with van der Waals surface area (Å²) in [5, 5.41) is 0. The lowest BCUT2D eigenvalue weighted by Gasteiger charge is -2.13. The highest BCUT2D eigenvalue weighted by molar-refractivity contribution is 5.89. The van der Waals surface area contributed by atoms with Gasteiger partial charge in [0.15, 0.2) is 0 Å². The molecule has 0 saturated carbocycles. The van der Waals surface area contributed by atoms with Gasteiger partial charge in [-0.25, -0.2) is 4.79 Å². The number of carbonyl (C=O) groups is 1. The average Bonchev–Trinajstić information content (AvgIpc) is 2.38. The summed E-state index contributed by atoms with van der Waals surface area (Å²) >= 11 is 0. The van der Waals surface area contributed by atoms with Gasteiger partial charge in [-0.2, -0.15) is 0 Å². The minimum absolute atomic E-state index is 0.172. The van der Waals surface area contributed by atoms with Gasteiger partial charge in [-0.05, 0) is 25.0 Å². The van der Waals surface area contributed by atoms with Crippen LogP contribution in [0.15, 0.2) is 43.0 Å². The van der Waals surface area contributed by atoms with Crippen molar-refractivity contribution in [2.24, 2.45) is 0 Å². The minimum Gasteiger partial charge on any atom is -0.455 e. The summed E-state index contributed by atoms with van der Waals surface area (Å²) < 4.78 is 5.38. The molecule has 0 aliphatic heterocycles. The molecule has 17 heavy (non-hydrogen) atoms. The van der Waals surface area contributed by atoms with E-state index in [1.165, 1.54) is 0 Å². The van der Waals surface area contributed by atoms with Crippen LogP contribution in [0.1, 0.15) is 43.0 Å². The smallest absolute Gasteiger partial charge is 0.338 e. The number of ether oxygens (including phenoxy) is 1. The second-order valence-electron chi connectivity index (χ2n) is 4.04. The summed E-state index contributed by atoms with van der Waals surface area (Å²) in [7, 11) is 0. The van der Waals surface area contributed by atoms with Crippen LogP contribution >= 0.6 is 0 Å². The van der Waals surface area contributed by atoms with E-state index in [0.717, 1.165) is 25.7 Å². The van der Waals surface area contributed by atoms with Crippen LogP contribution in [0.2, 0.25) is 0 Å². The molecule has 1 rings (SSSR count). The van der Waals surface area contributed by atoms with Crippen LogP contribution in [0.4, 0.5) is 0 Å². The Labute approximate surface area is 103 Å². The fourth-order valence-corrected chi connectivity index (χ4v) is 1.60. The molecule has 92 valence electrons. The predicted octanol–water partition coefficient (Wildman–Crippen LogP) is 3.98. The third-order valence-corrected chi connectivity index (χ3v) is 2.62. The molecule has 1 aromatic rings. The van der Waals surface area contributed by atoms with Gasteiger partial charge >= 0.3 is 5.97 Å². The van der Waals surface area contributed by atoms with Crippen molar-refractivity contribution in [2.75, 3.05) is 0 Å². The first-order valence-corrected chi connectivity index (χ1v) is 6.16. The molecule has 0 unspecified atom stereocenters. The van der Waals surface area contributed by atoms with Crippen molar-refractivity contribution >= 4 is 5.97 Å². The number of unbranched alkanes of at least 4 members (excludes halogenated alkanes) is 2. The Morgan fingerprint density at radius 1 is 1.35 bits per heavy atom. The van der Waals surface area contributed by atoms with Gasteiger partial charge in [0.05, 0.1) is 5.56 Å². The summed E-state index contributed by atoms with van der Waals surface area (Å²) in [4.78, 5) is 11.8. The molecule has 0 amide bonds. The third-order valence-electron chi connectivity index (χ3n) is 2.62. The molecule has 1 aromatic carbocycles. The van der Waals surface area contributed by atoms with E-state index in [-0.39, 0.29) is 12.1 Å². The van der Waals surface area contributed by atoms with E-state index in [1.807, 2.05) is 18.2 Å². The number of hydrogen-bond acceptors (Lipinski definition) is 2. The van der Waals surface area contributed by atoms with Gasteiger partial charge in [0.2, 0.25) is 0 Å². The summed E-state index contributed by atoms with van der Waals surface area (Å²) in [6, 6.07) is 9.05. The van der Waals surface area contributed by atoms with Gasteiger partial charge in [0.25, 0.3) is 0 Å². The van der Waals surface area contributed by atoms with E-state index in [1.54, 1.807) is 18.2 Å². The number of rotatable bonds is 7. The van der Waals surface area contributed by atoms with Gasteiger partial charge in [0.1, 0.15) is 6.10 Å². The summed E-state index contributed by atoms with van der Waals surface area (Å²) in [5.74, 6) is -0.271. The van der Waals surface area contributed by atoms with Crippen LogP contribution < -0.4 is 0 Å². The SMILES string of the molecule is C=C[C@H](CCCCC)OC(=O)c1ccccc1.